The Hall–Kier alpha value is -2.86. The number of carbonyl (C=O) groups excluding carboxylic acids is 2. The van der Waals surface area contributed by atoms with Crippen molar-refractivity contribution in [1.82, 2.24) is 24.5 Å². The fraction of sp³-hybridized carbons (Fsp3) is 0.621. The lowest BCUT2D eigenvalue weighted by molar-refractivity contribution is -0.146. The molecule has 1 saturated carbocycles. The monoisotopic (exact) mass is 613 g/mol. The number of hydrogen-bond donors (Lipinski definition) is 0. The number of likely N-dealkylation sites (tertiary alicyclic amines) is 1. The van der Waals surface area contributed by atoms with E-state index in [1.165, 1.54) is 17.0 Å². The summed E-state index contributed by atoms with van der Waals surface area (Å²) in [5.41, 5.74) is -0.326. The minimum atomic E-state index is -4.66. The van der Waals surface area contributed by atoms with E-state index in [-0.39, 0.29) is 18.5 Å². The van der Waals surface area contributed by atoms with E-state index in [1.54, 1.807) is 32.6 Å². The predicted molar refractivity (Wildman–Crippen MR) is 148 cm³/mol. The van der Waals surface area contributed by atoms with Crippen LogP contribution in [-0.4, -0.2) is 80.8 Å². The van der Waals surface area contributed by atoms with Crippen LogP contribution in [0.3, 0.4) is 0 Å². The van der Waals surface area contributed by atoms with E-state index in [2.05, 4.69) is 10.00 Å². The van der Waals surface area contributed by atoms with Crippen LogP contribution >= 0.6 is 11.6 Å². The molecule has 8 nitrogen and oxygen atoms in total. The molecule has 0 spiro atoms. The maximum atomic E-state index is 14.7. The summed E-state index contributed by atoms with van der Waals surface area (Å²) in [4.78, 5) is 31.6. The molecule has 3 fully saturated rings. The zero-order chi connectivity index (χ0) is 30.6. The van der Waals surface area contributed by atoms with Gasteiger partial charge in [-0.25, -0.2) is 9.18 Å². The molecule has 2 saturated heterocycles. The van der Waals surface area contributed by atoms with E-state index >= 15 is 0 Å². The van der Waals surface area contributed by atoms with Crippen molar-refractivity contribution in [2.45, 2.75) is 83.3 Å². The first-order valence-corrected chi connectivity index (χ1v) is 14.6. The Balaban J connectivity index is 1.40. The molecule has 0 unspecified atom stereocenters. The maximum Gasteiger partial charge on any atom is 0.433 e. The number of halogens is 5. The molecule has 42 heavy (non-hydrogen) atoms. The number of hydrogen-bond acceptors (Lipinski definition) is 5. The predicted octanol–water partition coefficient (Wildman–Crippen LogP) is 5.78. The van der Waals surface area contributed by atoms with Crippen molar-refractivity contribution in [2.24, 2.45) is 0 Å². The van der Waals surface area contributed by atoms with Gasteiger partial charge in [0.15, 0.2) is 0 Å². The molecule has 1 aromatic carbocycles. The fourth-order valence-electron chi connectivity index (χ4n) is 5.93. The van der Waals surface area contributed by atoms with Gasteiger partial charge in [0.2, 0.25) is 5.91 Å². The number of alkyl halides is 3. The van der Waals surface area contributed by atoms with Crippen LogP contribution in [0, 0.1) is 12.7 Å². The highest BCUT2D eigenvalue weighted by molar-refractivity contribution is 6.32. The second-order valence-electron chi connectivity index (χ2n) is 12.4. The lowest BCUT2D eigenvalue weighted by Gasteiger charge is -2.41. The van der Waals surface area contributed by atoms with Gasteiger partial charge >= 0.3 is 12.3 Å². The third-order valence-corrected chi connectivity index (χ3v) is 8.57. The standard InChI is InChI=1S/C29H36ClF4N5O3/c1-17-13-19(31)14-20(25(17)30)26-22(36-9-11-37(12-10-36)27(41)42-28(2,3)4)7-8-38(26)24(40)16-39-23(29(32,33)34)15-21(35-39)18-5-6-18/h13-15,18,22,26H,5-12,16H2,1-4H3/t22-,26-/m1/s1. The van der Waals surface area contributed by atoms with Crippen molar-refractivity contribution >= 4 is 23.6 Å². The topological polar surface area (TPSA) is 70.9 Å². The summed E-state index contributed by atoms with van der Waals surface area (Å²) in [6, 6.07) is 2.66. The van der Waals surface area contributed by atoms with Crippen molar-refractivity contribution in [3.8, 4) is 0 Å². The van der Waals surface area contributed by atoms with Crippen molar-refractivity contribution in [2.75, 3.05) is 32.7 Å². The zero-order valence-electron chi connectivity index (χ0n) is 24.2. The zero-order valence-corrected chi connectivity index (χ0v) is 24.9. The highest BCUT2D eigenvalue weighted by Gasteiger charge is 2.45. The molecule has 2 aliphatic heterocycles. The van der Waals surface area contributed by atoms with E-state index in [1.807, 2.05) is 0 Å². The molecular weight excluding hydrogens is 578 g/mol. The molecule has 0 N–H and O–H groups in total. The van der Waals surface area contributed by atoms with Gasteiger partial charge in [-0.1, -0.05) is 11.6 Å². The summed E-state index contributed by atoms with van der Waals surface area (Å²) in [5.74, 6) is -1.08. The van der Waals surface area contributed by atoms with Crippen molar-refractivity contribution < 1.29 is 31.9 Å². The summed E-state index contributed by atoms with van der Waals surface area (Å²) in [6.45, 7) is 8.49. The van der Waals surface area contributed by atoms with Crippen LogP contribution in [0.5, 0.6) is 0 Å². The highest BCUT2D eigenvalue weighted by Crippen LogP contribution is 2.43. The van der Waals surface area contributed by atoms with Gasteiger partial charge in [-0.15, -0.1) is 0 Å². The van der Waals surface area contributed by atoms with E-state index in [9.17, 15) is 27.2 Å². The van der Waals surface area contributed by atoms with Crippen molar-refractivity contribution in [3.05, 3.63) is 51.6 Å². The summed E-state index contributed by atoms with van der Waals surface area (Å²) >= 11 is 6.68. The number of benzene rings is 1. The summed E-state index contributed by atoms with van der Waals surface area (Å²) in [7, 11) is 0. The number of amides is 2. The van der Waals surface area contributed by atoms with Gasteiger partial charge in [-0.3, -0.25) is 14.4 Å². The third-order valence-electron chi connectivity index (χ3n) is 8.06. The number of nitrogens with zero attached hydrogens (tertiary/aromatic N) is 5. The van der Waals surface area contributed by atoms with Gasteiger partial charge < -0.3 is 14.5 Å². The van der Waals surface area contributed by atoms with Crippen LogP contribution in [-0.2, 0) is 22.3 Å². The van der Waals surface area contributed by atoms with E-state index in [0.29, 0.717) is 54.4 Å². The van der Waals surface area contributed by atoms with Gasteiger partial charge in [0.1, 0.15) is 23.7 Å². The van der Waals surface area contributed by atoms with Gasteiger partial charge in [0.25, 0.3) is 0 Å². The van der Waals surface area contributed by atoms with Crippen LogP contribution in [0.2, 0.25) is 5.02 Å². The van der Waals surface area contributed by atoms with Gasteiger partial charge in [0, 0.05) is 49.7 Å². The van der Waals surface area contributed by atoms with Gasteiger partial charge in [0.05, 0.1) is 11.7 Å². The Morgan fingerprint density at radius 2 is 1.69 bits per heavy atom. The molecule has 1 aromatic heterocycles. The average molecular weight is 614 g/mol. The molecule has 5 rings (SSSR count). The fourth-order valence-corrected chi connectivity index (χ4v) is 6.15. The van der Waals surface area contributed by atoms with Crippen LogP contribution in [0.25, 0.3) is 0 Å². The lowest BCUT2D eigenvalue weighted by atomic mass is 9.96. The first-order valence-electron chi connectivity index (χ1n) is 14.2. The smallest absolute Gasteiger partial charge is 0.433 e. The first-order chi connectivity index (χ1) is 19.6. The third kappa shape index (κ3) is 6.54. The second-order valence-corrected chi connectivity index (χ2v) is 12.8. The number of piperazine rings is 1. The molecule has 2 amide bonds. The molecular formula is C29H36ClF4N5O3. The summed E-state index contributed by atoms with van der Waals surface area (Å²) < 4.78 is 62.5. The molecule has 3 aliphatic rings. The Bertz CT molecular complexity index is 1350. The molecule has 13 heteroatoms. The quantitative estimate of drug-likeness (QED) is 0.400. The number of rotatable bonds is 5. The Labute approximate surface area is 247 Å². The SMILES string of the molecule is Cc1cc(F)cc([C@@H]2[C@H](N3CCN(C(=O)OC(C)(C)C)CC3)CCN2C(=O)Cn2nc(C3CC3)cc2C(F)(F)F)c1Cl. The number of carbonyl (C=O) groups is 2. The first kappa shape index (κ1) is 30.6. The molecule has 0 bridgehead atoms. The molecule has 3 heterocycles. The normalized spacial score (nSPS) is 22.1. The van der Waals surface area contributed by atoms with E-state index in [0.717, 1.165) is 23.6 Å². The van der Waals surface area contributed by atoms with Gasteiger partial charge in [-0.2, -0.15) is 18.3 Å². The minimum absolute atomic E-state index is 0.0141. The number of aryl methyl sites for hydroxylation is 1. The van der Waals surface area contributed by atoms with Crippen LogP contribution in [0.1, 0.15) is 74.5 Å². The molecule has 0 radical (unpaired) electrons. The average Bonchev–Trinajstić information content (AvgIpc) is 3.49. The van der Waals surface area contributed by atoms with Gasteiger partial charge in [-0.05, 0) is 76.3 Å². The lowest BCUT2D eigenvalue weighted by Crippen LogP contribution is -2.54. The van der Waals surface area contributed by atoms with Crippen molar-refractivity contribution in [1.29, 1.82) is 0 Å². The Morgan fingerprint density at radius 3 is 2.29 bits per heavy atom. The highest BCUT2D eigenvalue weighted by atomic mass is 35.5. The second kappa shape index (κ2) is 11.3. The molecule has 230 valence electrons. The summed E-state index contributed by atoms with van der Waals surface area (Å²) in [6.07, 6.45) is -3.01. The van der Waals surface area contributed by atoms with Crippen LogP contribution in [0.15, 0.2) is 18.2 Å². The molecule has 2 aromatic rings. The van der Waals surface area contributed by atoms with E-state index < -0.39 is 47.9 Å². The maximum absolute atomic E-state index is 14.7. The molecule has 1 aliphatic carbocycles. The number of aromatic nitrogens is 2. The largest absolute Gasteiger partial charge is 0.444 e. The van der Waals surface area contributed by atoms with Crippen LogP contribution in [0.4, 0.5) is 22.4 Å². The number of ether oxygens (including phenoxy) is 1. The van der Waals surface area contributed by atoms with Crippen LogP contribution < -0.4 is 0 Å². The Kier molecular flexibility index (Phi) is 8.25. The van der Waals surface area contributed by atoms with E-state index in [4.69, 9.17) is 16.3 Å². The minimum Gasteiger partial charge on any atom is -0.444 e. The molecule has 2 atom stereocenters. The van der Waals surface area contributed by atoms with Crippen molar-refractivity contribution in [3.63, 3.8) is 0 Å². The Morgan fingerprint density at radius 1 is 1.02 bits per heavy atom. The summed E-state index contributed by atoms with van der Waals surface area (Å²) in [5, 5.41) is 4.47.